The molecule has 21 heavy (non-hydrogen) atoms. The Labute approximate surface area is 121 Å². The molecule has 1 aromatic rings. The normalized spacial score (nSPS) is 20.0. The Morgan fingerprint density at radius 3 is 2.52 bits per heavy atom. The fourth-order valence-corrected chi connectivity index (χ4v) is 2.35. The molecule has 1 atom stereocenters. The van der Waals surface area contributed by atoms with E-state index in [4.69, 9.17) is 14.2 Å². The fraction of sp³-hybridized carbons (Fsp3) is 0.571. The summed E-state index contributed by atoms with van der Waals surface area (Å²) in [7, 11) is 2.60. The van der Waals surface area contributed by atoms with Crippen LogP contribution in [0.4, 0.5) is 13.2 Å². The second-order valence-corrected chi connectivity index (χ2v) is 4.71. The molecule has 1 heterocycles. The van der Waals surface area contributed by atoms with Gasteiger partial charge in [-0.2, -0.15) is 13.2 Å². The van der Waals surface area contributed by atoms with Gasteiger partial charge in [0.15, 0.2) is 6.29 Å². The lowest BCUT2D eigenvalue weighted by atomic mass is 9.99. The molecule has 1 fully saturated rings. The van der Waals surface area contributed by atoms with E-state index in [1.807, 2.05) is 0 Å². The van der Waals surface area contributed by atoms with Crippen LogP contribution in [0.2, 0.25) is 0 Å². The molecule has 1 unspecified atom stereocenters. The summed E-state index contributed by atoms with van der Waals surface area (Å²) < 4.78 is 55.2. The Morgan fingerprint density at radius 1 is 1.29 bits per heavy atom. The first-order valence-electron chi connectivity index (χ1n) is 6.56. The van der Waals surface area contributed by atoms with Gasteiger partial charge >= 0.3 is 6.18 Å². The van der Waals surface area contributed by atoms with Gasteiger partial charge in [-0.05, 0) is 11.6 Å². The summed E-state index contributed by atoms with van der Waals surface area (Å²) in [6, 6.07) is 4.11. The first kappa shape index (κ1) is 16.2. The molecule has 1 N–H and O–H groups in total. The molecule has 0 radical (unpaired) electrons. The van der Waals surface area contributed by atoms with E-state index < -0.39 is 18.0 Å². The highest BCUT2D eigenvalue weighted by atomic mass is 19.4. The molecule has 118 valence electrons. The predicted octanol–water partition coefficient (Wildman–Crippen LogP) is 2.66. The molecule has 0 amide bonds. The zero-order chi connectivity index (χ0) is 15.5. The van der Waals surface area contributed by atoms with Crippen LogP contribution in [0.15, 0.2) is 18.2 Å². The maximum atomic E-state index is 13.3. The van der Waals surface area contributed by atoms with E-state index in [1.165, 1.54) is 20.3 Å². The Hall–Kier alpha value is -1.15. The summed E-state index contributed by atoms with van der Waals surface area (Å²) in [4.78, 5) is 0. The summed E-state index contributed by atoms with van der Waals surface area (Å²) in [6.07, 6.45) is -5.92. The molecule has 1 aliphatic rings. The third kappa shape index (κ3) is 3.74. The molecule has 0 spiro atoms. The highest BCUT2D eigenvalue weighted by molar-refractivity contribution is 5.36. The highest BCUT2D eigenvalue weighted by Crippen LogP contribution is 2.37. The molecule has 0 bridgehead atoms. The van der Waals surface area contributed by atoms with Crippen molar-refractivity contribution in [3.8, 4) is 0 Å². The van der Waals surface area contributed by atoms with Gasteiger partial charge in [0.05, 0.1) is 18.3 Å². The summed E-state index contributed by atoms with van der Waals surface area (Å²) in [6.45, 7) is 1.68. The maximum Gasteiger partial charge on any atom is 0.416 e. The van der Waals surface area contributed by atoms with Gasteiger partial charge in [0, 0.05) is 32.9 Å². The molecule has 1 aliphatic heterocycles. The number of hydrogen-bond acceptors (Lipinski definition) is 4. The first-order valence-corrected chi connectivity index (χ1v) is 6.56. The summed E-state index contributed by atoms with van der Waals surface area (Å²) in [5.41, 5.74) is -0.313. The average Bonchev–Trinajstić information content (AvgIpc) is 2.48. The van der Waals surface area contributed by atoms with E-state index in [0.29, 0.717) is 25.3 Å². The number of rotatable bonds is 4. The fourth-order valence-electron chi connectivity index (χ4n) is 2.35. The van der Waals surface area contributed by atoms with Crippen molar-refractivity contribution in [2.24, 2.45) is 0 Å². The van der Waals surface area contributed by atoms with E-state index in [0.717, 1.165) is 6.07 Å². The van der Waals surface area contributed by atoms with Gasteiger partial charge in [0.1, 0.15) is 0 Å². The molecule has 0 aliphatic carbocycles. The number of halogens is 3. The average molecular weight is 305 g/mol. The quantitative estimate of drug-likeness (QED) is 0.868. The first-order chi connectivity index (χ1) is 9.97. The zero-order valence-corrected chi connectivity index (χ0v) is 11.9. The lowest BCUT2D eigenvalue weighted by Gasteiger charge is -2.26. The van der Waals surface area contributed by atoms with Crippen molar-refractivity contribution >= 4 is 0 Å². The lowest BCUT2D eigenvalue weighted by molar-refractivity contribution is -0.147. The van der Waals surface area contributed by atoms with E-state index in [2.05, 4.69) is 5.32 Å². The minimum absolute atomic E-state index is 0.0416. The Kier molecular flexibility index (Phi) is 5.21. The van der Waals surface area contributed by atoms with Crippen molar-refractivity contribution in [2.75, 3.05) is 33.9 Å². The minimum Gasteiger partial charge on any atom is -0.371 e. The van der Waals surface area contributed by atoms with E-state index in [1.54, 1.807) is 6.07 Å². The second-order valence-electron chi connectivity index (χ2n) is 4.71. The van der Waals surface area contributed by atoms with Gasteiger partial charge in [0.2, 0.25) is 0 Å². The van der Waals surface area contributed by atoms with Crippen LogP contribution in [0.25, 0.3) is 0 Å². The molecular weight excluding hydrogens is 287 g/mol. The molecule has 0 saturated carbocycles. The number of hydrogen-bond donors (Lipinski definition) is 1. The van der Waals surface area contributed by atoms with Gasteiger partial charge in [-0.3, -0.25) is 0 Å². The molecular formula is C14H18F3NO3. The Balaban J connectivity index is 2.39. The van der Waals surface area contributed by atoms with Crippen molar-refractivity contribution in [1.29, 1.82) is 0 Å². The largest absolute Gasteiger partial charge is 0.416 e. The number of benzene rings is 1. The van der Waals surface area contributed by atoms with Crippen LogP contribution in [-0.2, 0) is 20.4 Å². The zero-order valence-electron chi connectivity index (χ0n) is 11.9. The Morgan fingerprint density at radius 2 is 2.00 bits per heavy atom. The van der Waals surface area contributed by atoms with Crippen LogP contribution in [0, 0.1) is 0 Å². The second kappa shape index (κ2) is 6.74. The monoisotopic (exact) mass is 305 g/mol. The highest BCUT2D eigenvalue weighted by Gasteiger charge is 2.36. The van der Waals surface area contributed by atoms with Gasteiger partial charge < -0.3 is 19.5 Å². The molecule has 1 aromatic carbocycles. The number of alkyl halides is 3. The maximum absolute atomic E-state index is 13.3. The van der Waals surface area contributed by atoms with Crippen LogP contribution >= 0.6 is 0 Å². The number of morpholine rings is 1. The molecule has 1 saturated heterocycles. The van der Waals surface area contributed by atoms with Gasteiger partial charge in [-0.1, -0.05) is 12.1 Å². The smallest absolute Gasteiger partial charge is 0.371 e. The SMILES string of the molecule is COC(OC)c1ccc(C2CNCCO2)cc1C(F)(F)F. The van der Waals surface area contributed by atoms with Crippen LogP contribution in [0.5, 0.6) is 0 Å². The van der Waals surface area contributed by atoms with Crippen LogP contribution in [0.1, 0.15) is 29.1 Å². The Bertz CT molecular complexity index is 469. The predicted molar refractivity (Wildman–Crippen MR) is 69.8 cm³/mol. The van der Waals surface area contributed by atoms with E-state index in [-0.39, 0.29) is 11.7 Å². The van der Waals surface area contributed by atoms with Crippen molar-refractivity contribution in [2.45, 2.75) is 18.6 Å². The third-order valence-electron chi connectivity index (χ3n) is 3.36. The molecule has 4 nitrogen and oxygen atoms in total. The number of nitrogens with one attached hydrogen (secondary N) is 1. The van der Waals surface area contributed by atoms with Crippen LogP contribution < -0.4 is 5.32 Å². The van der Waals surface area contributed by atoms with E-state index >= 15 is 0 Å². The van der Waals surface area contributed by atoms with E-state index in [9.17, 15) is 13.2 Å². The van der Waals surface area contributed by atoms with Gasteiger partial charge in [-0.25, -0.2) is 0 Å². The third-order valence-corrected chi connectivity index (χ3v) is 3.36. The molecule has 2 rings (SSSR count). The van der Waals surface area contributed by atoms with Crippen LogP contribution in [-0.4, -0.2) is 33.9 Å². The van der Waals surface area contributed by atoms with Crippen molar-refractivity contribution in [1.82, 2.24) is 5.32 Å². The van der Waals surface area contributed by atoms with Crippen LogP contribution in [0.3, 0.4) is 0 Å². The minimum atomic E-state index is -4.48. The summed E-state index contributed by atoms with van der Waals surface area (Å²) in [5.74, 6) is 0. The number of ether oxygens (including phenoxy) is 3. The van der Waals surface area contributed by atoms with Crippen molar-refractivity contribution < 1.29 is 27.4 Å². The number of methoxy groups -OCH3 is 2. The molecule has 7 heteroatoms. The van der Waals surface area contributed by atoms with Crippen molar-refractivity contribution in [3.05, 3.63) is 34.9 Å². The lowest BCUT2D eigenvalue weighted by Crippen LogP contribution is -2.33. The molecule has 0 aromatic heterocycles. The topological polar surface area (TPSA) is 39.7 Å². The van der Waals surface area contributed by atoms with Gasteiger partial charge in [-0.15, -0.1) is 0 Å². The summed E-state index contributed by atoms with van der Waals surface area (Å²) in [5, 5.41) is 3.10. The van der Waals surface area contributed by atoms with Crippen molar-refractivity contribution in [3.63, 3.8) is 0 Å². The standard InChI is InChI=1S/C14H18F3NO3/c1-19-13(20-2)10-4-3-9(7-11(10)14(15,16)17)12-8-18-5-6-21-12/h3-4,7,12-13,18H,5-6,8H2,1-2H3. The van der Waals surface area contributed by atoms with Gasteiger partial charge in [0.25, 0.3) is 0 Å². The summed E-state index contributed by atoms with van der Waals surface area (Å²) >= 11 is 0.